The van der Waals surface area contributed by atoms with Crippen LogP contribution in [0, 0.1) is 0 Å². The van der Waals surface area contributed by atoms with Crippen molar-refractivity contribution in [1.82, 2.24) is 14.5 Å². The predicted molar refractivity (Wildman–Crippen MR) is 67.0 cm³/mol. The summed E-state index contributed by atoms with van der Waals surface area (Å²) in [7, 11) is 0. The Morgan fingerprint density at radius 2 is 2.22 bits per heavy atom. The molecule has 2 aliphatic heterocycles. The molecule has 0 unspecified atom stereocenters. The van der Waals surface area contributed by atoms with Gasteiger partial charge in [-0.2, -0.15) is 0 Å². The van der Waals surface area contributed by atoms with E-state index in [-0.39, 0.29) is 5.79 Å². The summed E-state index contributed by atoms with van der Waals surface area (Å²) < 4.78 is 13.8. The Bertz CT molecular complexity index is 399. The zero-order valence-corrected chi connectivity index (χ0v) is 11.0. The summed E-state index contributed by atoms with van der Waals surface area (Å²) in [6.45, 7) is 7.44. The van der Waals surface area contributed by atoms with Gasteiger partial charge in [-0.05, 0) is 19.9 Å². The number of piperidine rings is 1. The highest BCUT2D eigenvalue weighted by atomic mass is 16.7. The minimum Gasteiger partial charge on any atom is -0.346 e. The predicted octanol–water partition coefficient (Wildman–Crippen LogP) is 1.24. The van der Waals surface area contributed by atoms with Gasteiger partial charge in [0.2, 0.25) is 0 Å². The van der Waals surface area contributed by atoms with E-state index in [2.05, 4.69) is 21.4 Å². The summed E-state index contributed by atoms with van der Waals surface area (Å²) in [6, 6.07) is 0. The van der Waals surface area contributed by atoms with Gasteiger partial charge in [-0.3, -0.25) is 4.90 Å². The van der Waals surface area contributed by atoms with Gasteiger partial charge in [-0.15, -0.1) is 0 Å². The van der Waals surface area contributed by atoms with Crippen molar-refractivity contribution in [2.24, 2.45) is 0 Å². The molecule has 2 fully saturated rings. The lowest BCUT2D eigenvalue weighted by Crippen LogP contribution is -2.48. The van der Waals surface area contributed by atoms with E-state index in [0.29, 0.717) is 0 Å². The molecule has 0 saturated carbocycles. The number of aryl methyl sites for hydroxylation is 1. The van der Waals surface area contributed by atoms with Crippen molar-refractivity contribution in [2.45, 2.75) is 38.6 Å². The van der Waals surface area contributed by atoms with Crippen molar-refractivity contribution >= 4 is 0 Å². The monoisotopic (exact) mass is 251 g/mol. The summed E-state index contributed by atoms with van der Waals surface area (Å²) in [4.78, 5) is 6.83. The molecular formula is C13H21N3O2. The molecule has 2 aliphatic rings. The van der Waals surface area contributed by atoms with Gasteiger partial charge in [0, 0.05) is 25.4 Å². The van der Waals surface area contributed by atoms with Crippen LogP contribution in [0.1, 0.15) is 25.6 Å². The standard InChI is InChI=1S/C13H21N3O2/c1-2-16-7-5-14-12(16)10-15-6-3-4-13(11-15)17-8-9-18-13/h5,7H,2-4,6,8-11H2,1H3. The molecule has 1 spiro atoms. The first-order valence-corrected chi connectivity index (χ1v) is 6.82. The number of imidazole rings is 1. The van der Waals surface area contributed by atoms with Crippen LogP contribution < -0.4 is 0 Å². The first-order valence-electron chi connectivity index (χ1n) is 6.82. The van der Waals surface area contributed by atoms with Crippen molar-refractivity contribution in [3.05, 3.63) is 18.2 Å². The fourth-order valence-corrected chi connectivity index (χ4v) is 2.92. The third-order valence-electron chi connectivity index (χ3n) is 3.82. The van der Waals surface area contributed by atoms with Crippen LogP contribution in [-0.4, -0.2) is 46.5 Å². The molecule has 0 radical (unpaired) electrons. The minimum atomic E-state index is -0.331. The molecule has 18 heavy (non-hydrogen) atoms. The van der Waals surface area contributed by atoms with Gasteiger partial charge in [0.05, 0.1) is 26.3 Å². The molecule has 0 atom stereocenters. The molecule has 0 amide bonds. The van der Waals surface area contributed by atoms with Crippen LogP contribution in [0.25, 0.3) is 0 Å². The maximum Gasteiger partial charge on any atom is 0.181 e. The van der Waals surface area contributed by atoms with Gasteiger partial charge >= 0.3 is 0 Å². The summed E-state index contributed by atoms with van der Waals surface area (Å²) >= 11 is 0. The van der Waals surface area contributed by atoms with Crippen LogP contribution in [0.15, 0.2) is 12.4 Å². The van der Waals surface area contributed by atoms with E-state index in [1.54, 1.807) is 0 Å². The molecule has 3 rings (SSSR count). The SMILES string of the molecule is CCn1ccnc1CN1CCCC2(C1)OCCO2. The van der Waals surface area contributed by atoms with E-state index in [1.165, 1.54) is 0 Å². The van der Waals surface area contributed by atoms with E-state index in [1.807, 2.05) is 12.4 Å². The van der Waals surface area contributed by atoms with Crippen LogP contribution in [0.2, 0.25) is 0 Å². The quantitative estimate of drug-likeness (QED) is 0.810. The topological polar surface area (TPSA) is 39.5 Å². The lowest BCUT2D eigenvalue weighted by Gasteiger charge is -2.38. The number of ether oxygens (including phenoxy) is 2. The van der Waals surface area contributed by atoms with E-state index in [0.717, 1.165) is 58.1 Å². The van der Waals surface area contributed by atoms with E-state index < -0.39 is 0 Å². The molecule has 5 nitrogen and oxygen atoms in total. The van der Waals surface area contributed by atoms with Gasteiger partial charge in [0.15, 0.2) is 5.79 Å². The average molecular weight is 251 g/mol. The highest BCUT2D eigenvalue weighted by molar-refractivity contribution is 4.94. The van der Waals surface area contributed by atoms with Gasteiger partial charge in [0.25, 0.3) is 0 Å². The zero-order chi connectivity index (χ0) is 12.4. The van der Waals surface area contributed by atoms with Gasteiger partial charge in [0.1, 0.15) is 5.82 Å². The first kappa shape index (κ1) is 12.1. The van der Waals surface area contributed by atoms with Gasteiger partial charge in [-0.1, -0.05) is 0 Å². The summed E-state index contributed by atoms with van der Waals surface area (Å²) in [5.41, 5.74) is 0. The van der Waals surface area contributed by atoms with Crippen molar-refractivity contribution in [2.75, 3.05) is 26.3 Å². The highest BCUT2D eigenvalue weighted by Gasteiger charge is 2.40. The number of likely N-dealkylation sites (tertiary alicyclic amines) is 1. The molecule has 0 bridgehead atoms. The number of rotatable bonds is 3. The average Bonchev–Trinajstić information content (AvgIpc) is 2.99. The molecule has 3 heterocycles. The molecule has 100 valence electrons. The van der Waals surface area contributed by atoms with E-state index in [9.17, 15) is 0 Å². The Balaban J connectivity index is 1.66. The summed E-state index contributed by atoms with van der Waals surface area (Å²) in [5.74, 6) is 0.801. The van der Waals surface area contributed by atoms with E-state index in [4.69, 9.17) is 9.47 Å². The molecule has 0 aliphatic carbocycles. The van der Waals surface area contributed by atoms with Crippen LogP contribution in [-0.2, 0) is 22.6 Å². The Morgan fingerprint density at radius 1 is 1.39 bits per heavy atom. The second kappa shape index (κ2) is 4.99. The Labute approximate surface area is 108 Å². The molecule has 0 N–H and O–H groups in total. The van der Waals surface area contributed by atoms with Crippen LogP contribution in [0.3, 0.4) is 0 Å². The van der Waals surface area contributed by atoms with Crippen molar-refractivity contribution < 1.29 is 9.47 Å². The normalized spacial score (nSPS) is 23.8. The lowest BCUT2D eigenvalue weighted by atomic mass is 10.0. The molecular weight excluding hydrogens is 230 g/mol. The van der Waals surface area contributed by atoms with Crippen LogP contribution in [0.5, 0.6) is 0 Å². The fourth-order valence-electron chi connectivity index (χ4n) is 2.92. The first-order chi connectivity index (χ1) is 8.81. The Hall–Kier alpha value is -0.910. The third kappa shape index (κ3) is 2.30. The van der Waals surface area contributed by atoms with Crippen molar-refractivity contribution in [1.29, 1.82) is 0 Å². The minimum absolute atomic E-state index is 0.331. The molecule has 0 aromatic carbocycles. The number of hydrogen-bond donors (Lipinski definition) is 0. The fraction of sp³-hybridized carbons (Fsp3) is 0.769. The number of nitrogens with zero attached hydrogens (tertiary/aromatic N) is 3. The summed E-state index contributed by atoms with van der Waals surface area (Å²) in [6.07, 6.45) is 6.07. The zero-order valence-electron chi connectivity index (χ0n) is 11.0. The van der Waals surface area contributed by atoms with Crippen molar-refractivity contribution in [3.8, 4) is 0 Å². The van der Waals surface area contributed by atoms with Gasteiger partial charge in [-0.25, -0.2) is 4.98 Å². The molecule has 1 aromatic rings. The Kier molecular flexibility index (Phi) is 3.37. The lowest BCUT2D eigenvalue weighted by molar-refractivity contribution is -0.190. The van der Waals surface area contributed by atoms with Crippen LogP contribution in [0.4, 0.5) is 0 Å². The van der Waals surface area contributed by atoms with E-state index >= 15 is 0 Å². The largest absolute Gasteiger partial charge is 0.346 e. The second-order valence-corrected chi connectivity index (χ2v) is 5.05. The van der Waals surface area contributed by atoms with Gasteiger partial charge < -0.3 is 14.0 Å². The molecule has 5 heteroatoms. The third-order valence-corrected chi connectivity index (χ3v) is 3.82. The maximum absolute atomic E-state index is 5.80. The van der Waals surface area contributed by atoms with Crippen LogP contribution >= 0.6 is 0 Å². The Morgan fingerprint density at radius 3 is 3.00 bits per heavy atom. The second-order valence-electron chi connectivity index (χ2n) is 5.05. The summed E-state index contributed by atoms with van der Waals surface area (Å²) in [5, 5.41) is 0. The smallest absolute Gasteiger partial charge is 0.181 e. The maximum atomic E-state index is 5.80. The number of aromatic nitrogens is 2. The van der Waals surface area contributed by atoms with Crippen molar-refractivity contribution in [3.63, 3.8) is 0 Å². The molecule has 1 aromatic heterocycles. The highest BCUT2D eigenvalue weighted by Crippen LogP contribution is 2.30. The number of hydrogen-bond acceptors (Lipinski definition) is 4. The molecule has 2 saturated heterocycles.